The lowest BCUT2D eigenvalue weighted by atomic mass is 9.87. The molecule has 0 bridgehead atoms. The van der Waals surface area contributed by atoms with E-state index in [2.05, 4.69) is 70.7 Å². The first-order chi connectivity index (χ1) is 12.3. The Morgan fingerprint density at radius 3 is 2.54 bits per heavy atom. The van der Waals surface area contributed by atoms with Gasteiger partial charge >= 0.3 is 0 Å². The summed E-state index contributed by atoms with van der Waals surface area (Å²) in [4.78, 5) is 12.0. The van der Waals surface area contributed by atoms with Gasteiger partial charge in [-0.2, -0.15) is 0 Å². The predicted octanol–water partition coefficient (Wildman–Crippen LogP) is 3.36. The standard InChI is InChI=1S/C17H20N6OS2/c1-17(2,3)12-7-5-11(6-8-12)14-20-22-16(23(14)4)25-9-13(24)19-15-21-18-10-26-15/h5-8,10H,9H2,1-4H3,(H,19,21,24). The molecule has 26 heavy (non-hydrogen) atoms. The minimum Gasteiger partial charge on any atom is -0.305 e. The third-order valence-corrected chi connectivity index (χ3v) is 5.41. The first-order valence-corrected chi connectivity index (χ1v) is 9.90. The molecular formula is C17H20N6OS2. The number of nitrogens with one attached hydrogen (secondary N) is 1. The number of rotatable bonds is 5. The van der Waals surface area contributed by atoms with Crippen molar-refractivity contribution < 1.29 is 4.79 Å². The number of carbonyl (C=O) groups is 1. The van der Waals surface area contributed by atoms with Gasteiger partial charge in [0.1, 0.15) is 5.51 Å². The van der Waals surface area contributed by atoms with Gasteiger partial charge in [-0.25, -0.2) is 0 Å². The molecule has 2 heterocycles. The number of carbonyl (C=O) groups excluding carboxylic acids is 1. The Bertz CT molecular complexity index is 881. The molecule has 136 valence electrons. The summed E-state index contributed by atoms with van der Waals surface area (Å²) in [6, 6.07) is 8.35. The van der Waals surface area contributed by atoms with Crippen LogP contribution in [-0.2, 0) is 17.3 Å². The number of amides is 1. The lowest BCUT2D eigenvalue weighted by Gasteiger charge is -2.19. The maximum Gasteiger partial charge on any atom is 0.236 e. The molecule has 1 N–H and O–H groups in total. The summed E-state index contributed by atoms with van der Waals surface area (Å²) in [6.07, 6.45) is 0. The molecule has 0 aliphatic rings. The van der Waals surface area contributed by atoms with Gasteiger partial charge < -0.3 is 4.57 Å². The second-order valence-electron chi connectivity index (χ2n) is 6.77. The third kappa shape index (κ3) is 4.28. The zero-order valence-electron chi connectivity index (χ0n) is 15.1. The molecule has 0 radical (unpaired) electrons. The summed E-state index contributed by atoms with van der Waals surface area (Å²) in [5.74, 6) is 0.859. The zero-order valence-corrected chi connectivity index (χ0v) is 16.7. The van der Waals surface area contributed by atoms with Gasteiger partial charge in [0, 0.05) is 12.6 Å². The van der Waals surface area contributed by atoms with E-state index in [4.69, 9.17) is 0 Å². The molecule has 0 fully saturated rings. The molecular weight excluding hydrogens is 368 g/mol. The van der Waals surface area contributed by atoms with Gasteiger partial charge in [-0.15, -0.1) is 20.4 Å². The molecule has 0 aliphatic carbocycles. The minimum atomic E-state index is -0.147. The number of hydrogen-bond donors (Lipinski definition) is 1. The molecule has 9 heteroatoms. The summed E-state index contributed by atoms with van der Waals surface area (Å²) in [6.45, 7) is 6.56. The van der Waals surface area contributed by atoms with Crippen LogP contribution in [0, 0.1) is 0 Å². The Kier molecular flexibility index (Phi) is 5.38. The Morgan fingerprint density at radius 2 is 1.92 bits per heavy atom. The Balaban J connectivity index is 1.67. The average Bonchev–Trinajstić information content (AvgIpc) is 3.22. The van der Waals surface area contributed by atoms with Gasteiger partial charge in [0.2, 0.25) is 11.0 Å². The predicted molar refractivity (Wildman–Crippen MR) is 104 cm³/mol. The van der Waals surface area contributed by atoms with E-state index in [1.54, 1.807) is 5.51 Å². The number of nitrogens with zero attached hydrogens (tertiary/aromatic N) is 5. The van der Waals surface area contributed by atoms with Crippen LogP contribution < -0.4 is 5.32 Å². The molecule has 3 aromatic rings. The van der Waals surface area contributed by atoms with Crippen LogP contribution in [0.3, 0.4) is 0 Å². The van der Waals surface area contributed by atoms with Gasteiger partial charge in [-0.3, -0.25) is 10.1 Å². The summed E-state index contributed by atoms with van der Waals surface area (Å²) in [7, 11) is 1.90. The first-order valence-electron chi connectivity index (χ1n) is 8.04. The molecule has 0 unspecified atom stereocenters. The molecule has 0 spiro atoms. The Labute approximate surface area is 160 Å². The molecule has 2 aromatic heterocycles. The zero-order chi connectivity index (χ0) is 18.7. The fraction of sp³-hybridized carbons (Fsp3) is 0.353. The highest BCUT2D eigenvalue weighted by Crippen LogP contribution is 2.27. The van der Waals surface area contributed by atoms with Crippen molar-refractivity contribution in [3.8, 4) is 11.4 Å². The normalized spacial score (nSPS) is 11.5. The van der Waals surface area contributed by atoms with Gasteiger partial charge in [0.05, 0.1) is 5.75 Å². The Morgan fingerprint density at radius 1 is 1.19 bits per heavy atom. The third-order valence-electron chi connectivity index (χ3n) is 3.78. The topological polar surface area (TPSA) is 85.6 Å². The first kappa shape index (κ1) is 18.5. The van der Waals surface area contributed by atoms with Crippen LogP contribution >= 0.6 is 23.1 Å². The van der Waals surface area contributed by atoms with Gasteiger partial charge in [-0.05, 0) is 11.0 Å². The highest BCUT2D eigenvalue weighted by molar-refractivity contribution is 7.99. The van der Waals surface area contributed by atoms with Crippen LogP contribution in [-0.4, -0.2) is 36.6 Å². The van der Waals surface area contributed by atoms with E-state index in [-0.39, 0.29) is 17.1 Å². The van der Waals surface area contributed by atoms with E-state index >= 15 is 0 Å². The SMILES string of the molecule is Cn1c(SCC(=O)Nc2nncs2)nnc1-c1ccc(C(C)(C)C)cc1. The quantitative estimate of drug-likeness (QED) is 0.675. The second-order valence-corrected chi connectivity index (χ2v) is 8.55. The maximum absolute atomic E-state index is 12.0. The molecule has 0 saturated carbocycles. The molecule has 0 saturated heterocycles. The van der Waals surface area contributed by atoms with Crippen molar-refractivity contribution in [3.63, 3.8) is 0 Å². The monoisotopic (exact) mass is 388 g/mol. The van der Waals surface area contributed by atoms with Crippen LogP contribution in [0.5, 0.6) is 0 Å². The highest BCUT2D eigenvalue weighted by atomic mass is 32.2. The molecule has 0 aliphatic heterocycles. The number of hydrogen-bond acceptors (Lipinski definition) is 7. The highest BCUT2D eigenvalue weighted by Gasteiger charge is 2.16. The van der Waals surface area contributed by atoms with E-state index in [0.29, 0.717) is 10.3 Å². The second kappa shape index (κ2) is 7.55. The lowest BCUT2D eigenvalue weighted by molar-refractivity contribution is -0.113. The smallest absolute Gasteiger partial charge is 0.236 e. The van der Waals surface area contributed by atoms with Crippen LogP contribution in [0.25, 0.3) is 11.4 Å². The number of thioether (sulfide) groups is 1. The number of anilines is 1. The number of benzene rings is 1. The van der Waals surface area contributed by atoms with Crippen molar-refractivity contribution >= 4 is 34.1 Å². The fourth-order valence-electron chi connectivity index (χ4n) is 2.32. The van der Waals surface area contributed by atoms with Crippen LogP contribution in [0.1, 0.15) is 26.3 Å². The minimum absolute atomic E-state index is 0.111. The van der Waals surface area contributed by atoms with Crippen molar-refractivity contribution in [2.75, 3.05) is 11.1 Å². The molecule has 3 rings (SSSR count). The van der Waals surface area contributed by atoms with Crippen molar-refractivity contribution in [3.05, 3.63) is 35.3 Å². The van der Waals surface area contributed by atoms with Crippen LogP contribution in [0.4, 0.5) is 5.13 Å². The van der Waals surface area contributed by atoms with Crippen molar-refractivity contribution in [2.45, 2.75) is 31.3 Å². The molecule has 1 amide bonds. The van der Waals surface area contributed by atoms with Crippen molar-refractivity contribution in [1.82, 2.24) is 25.0 Å². The summed E-state index contributed by atoms with van der Waals surface area (Å²) >= 11 is 2.62. The summed E-state index contributed by atoms with van der Waals surface area (Å²) < 4.78 is 1.90. The fourth-order valence-corrected chi connectivity index (χ4v) is 3.50. The summed E-state index contributed by atoms with van der Waals surface area (Å²) in [5, 5.41) is 19.8. The summed E-state index contributed by atoms with van der Waals surface area (Å²) in [5.41, 5.74) is 3.95. The van der Waals surface area contributed by atoms with Crippen LogP contribution in [0.2, 0.25) is 0 Å². The molecule has 7 nitrogen and oxygen atoms in total. The Hall–Kier alpha value is -2.26. The van der Waals surface area contributed by atoms with Gasteiger partial charge in [0.15, 0.2) is 11.0 Å². The van der Waals surface area contributed by atoms with E-state index < -0.39 is 0 Å². The van der Waals surface area contributed by atoms with E-state index in [0.717, 1.165) is 11.4 Å². The molecule has 0 atom stereocenters. The van der Waals surface area contributed by atoms with E-state index in [1.165, 1.54) is 28.7 Å². The van der Waals surface area contributed by atoms with E-state index in [9.17, 15) is 4.79 Å². The average molecular weight is 389 g/mol. The largest absolute Gasteiger partial charge is 0.305 e. The lowest BCUT2D eigenvalue weighted by Crippen LogP contribution is -2.14. The molecule has 1 aromatic carbocycles. The van der Waals surface area contributed by atoms with Gasteiger partial charge in [-0.1, -0.05) is 68.1 Å². The van der Waals surface area contributed by atoms with E-state index in [1.807, 2.05) is 11.6 Å². The van der Waals surface area contributed by atoms with Crippen molar-refractivity contribution in [1.29, 1.82) is 0 Å². The number of aromatic nitrogens is 5. The van der Waals surface area contributed by atoms with Crippen LogP contribution in [0.15, 0.2) is 34.9 Å². The van der Waals surface area contributed by atoms with Crippen molar-refractivity contribution in [2.24, 2.45) is 7.05 Å². The maximum atomic E-state index is 12.0. The van der Waals surface area contributed by atoms with Gasteiger partial charge in [0.25, 0.3) is 0 Å².